The molecule has 0 unspecified atom stereocenters. The molecular formula is C12H23NO. The second-order valence-electron chi connectivity index (χ2n) is 4.34. The molecule has 0 atom stereocenters. The number of likely N-dealkylation sites (tertiary alicyclic amines) is 1. The van der Waals surface area contributed by atoms with Crippen molar-refractivity contribution in [3.8, 4) is 0 Å². The standard InChI is InChI=1S/C12H23NO/c1-11(2)14-12(3)7-10-13-8-5-4-6-9-13/h7,11H,4-6,8-10H2,1-3H3/b12-7+. The maximum atomic E-state index is 5.58. The molecule has 0 bridgehead atoms. The van der Waals surface area contributed by atoms with Gasteiger partial charge in [0.25, 0.3) is 0 Å². The van der Waals surface area contributed by atoms with Gasteiger partial charge >= 0.3 is 0 Å². The van der Waals surface area contributed by atoms with Crippen molar-refractivity contribution < 1.29 is 4.74 Å². The van der Waals surface area contributed by atoms with Crippen molar-refractivity contribution in [2.24, 2.45) is 0 Å². The molecule has 0 N–H and O–H groups in total. The van der Waals surface area contributed by atoms with E-state index in [1.807, 2.05) is 6.92 Å². The topological polar surface area (TPSA) is 12.5 Å². The van der Waals surface area contributed by atoms with E-state index in [2.05, 4.69) is 24.8 Å². The molecule has 2 nitrogen and oxygen atoms in total. The predicted octanol–water partition coefficient (Wildman–Crippen LogP) is 2.80. The van der Waals surface area contributed by atoms with E-state index in [1.54, 1.807) is 0 Å². The summed E-state index contributed by atoms with van der Waals surface area (Å²) in [4.78, 5) is 2.50. The highest BCUT2D eigenvalue weighted by molar-refractivity contribution is 4.91. The minimum Gasteiger partial charge on any atom is -0.496 e. The third kappa shape index (κ3) is 4.66. The monoisotopic (exact) mass is 197 g/mol. The summed E-state index contributed by atoms with van der Waals surface area (Å²) in [6, 6.07) is 0. The summed E-state index contributed by atoms with van der Waals surface area (Å²) in [7, 11) is 0. The van der Waals surface area contributed by atoms with E-state index in [1.165, 1.54) is 32.4 Å². The second-order valence-corrected chi connectivity index (χ2v) is 4.34. The molecule has 0 aromatic carbocycles. The molecule has 0 aromatic heterocycles. The van der Waals surface area contributed by atoms with Crippen LogP contribution in [0.3, 0.4) is 0 Å². The summed E-state index contributed by atoms with van der Waals surface area (Å²) in [6.45, 7) is 9.75. The molecule has 2 heteroatoms. The van der Waals surface area contributed by atoms with Crippen molar-refractivity contribution in [3.63, 3.8) is 0 Å². The minimum atomic E-state index is 0.299. The van der Waals surface area contributed by atoms with Gasteiger partial charge in [-0.2, -0.15) is 0 Å². The van der Waals surface area contributed by atoms with Crippen LogP contribution in [0.5, 0.6) is 0 Å². The molecule has 1 rings (SSSR count). The van der Waals surface area contributed by atoms with Crippen LogP contribution in [-0.4, -0.2) is 30.6 Å². The van der Waals surface area contributed by atoms with Crippen LogP contribution < -0.4 is 0 Å². The van der Waals surface area contributed by atoms with Crippen molar-refractivity contribution in [3.05, 3.63) is 11.8 Å². The first-order valence-corrected chi connectivity index (χ1v) is 5.74. The van der Waals surface area contributed by atoms with Crippen LogP contribution in [0.4, 0.5) is 0 Å². The number of hydrogen-bond donors (Lipinski definition) is 0. The van der Waals surface area contributed by atoms with Crippen LogP contribution in [0, 0.1) is 0 Å². The Bertz CT molecular complexity index is 181. The molecule has 0 saturated carbocycles. The van der Waals surface area contributed by atoms with E-state index in [0.29, 0.717) is 6.10 Å². The van der Waals surface area contributed by atoms with Gasteiger partial charge in [-0.3, -0.25) is 4.90 Å². The third-order valence-corrected chi connectivity index (χ3v) is 2.51. The van der Waals surface area contributed by atoms with Crippen molar-refractivity contribution >= 4 is 0 Å². The first-order chi connectivity index (χ1) is 6.68. The maximum Gasteiger partial charge on any atom is 0.0926 e. The minimum absolute atomic E-state index is 0.299. The first-order valence-electron chi connectivity index (χ1n) is 5.74. The van der Waals surface area contributed by atoms with Crippen molar-refractivity contribution in [1.29, 1.82) is 0 Å². The molecule has 0 amide bonds. The van der Waals surface area contributed by atoms with Gasteiger partial charge in [-0.05, 0) is 52.8 Å². The third-order valence-electron chi connectivity index (χ3n) is 2.51. The van der Waals surface area contributed by atoms with Gasteiger partial charge < -0.3 is 4.74 Å². The Morgan fingerprint density at radius 3 is 2.50 bits per heavy atom. The zero-order valence-corrected chi connectivity index (χ0v) is 9.75. The first kappa shape index (κ1) is 11.6. The van der Waals surface area contributed by atoms with E-state index >= 15 is 0 Å². The summed E-state index contributed by atoms with van der Waals surface area (Å²) < 4.78 is 5.58. The van der Waals surface area contributed by atoms with Crippen LogP contribution in [0.1, 0.15) is 40.0 Å². The van der Waals surface area contributed by atoms with Gasteiger partial charge in [-0.15, -0.1) is 0 Å². The van der Waals surface area contributed by atoms with Crippen LogP contribution >= 0.6 is 0 Å². The van der Waals surface area contributed by atoms with E-state index in [9.17, 15) is 0 Å². The summed E-state index contributed by atoms with van der Waals surface area (Å²) in [5.74, 6) is 1.06. The SMILES string of the molecule is C/C(=C\CN1CCCCC1)OC(C)C. The molecule has 1 heterocycles. The maximum absolute atomic E-state index is 5.58. The zero-order valence-electron chi connectivity index (χ0n) is 9.75. The molecule has 1 saturated heterocycles. The molecule has 1 fully saturated rings. The van der Waals surface area contributed by atoms with E-state index in [0.717, 1.165) is 12.3 Å². The summed E-state index contributed by atoms with van der Waals surface area (Å²) in [5.41, 5.74) is 0. The predicted molar refractivity (Wildman–Crippen MR) is 60.3 cm³/mol. The smallest absolute Gasteiger partial charge is 0.0926 e. The highest BCUT2D eigenvalue weighted by Crippen LogP contribution is 2.09. The van der Waals surface area contributed by atoms with Crippen LogP contribution in [0.25, 0.3) is 0 Å². The fourth-order valence-electron chi connectivity index (χ4n) is 1.82. The average Bonchev–Trinajstić information content (AvgIpc) is 2.15. The van der Waals surface area contributed by atoms with Gasteiger partial charge in [-0.25, -0.2) is 0 Å². The largest absolute Gasteiger partial charge is 0.496 e. The number of hydrogen-bond acceptors (Lipinski definition) is 2. The van der Waals surface area contributed by atoms with Crippen LogP contribution in [0.15, 0.2) is 11.8 Å². The van der Waals surface area contributed by atoms with E-state index < -0.39 is 0 Å². The Hall–Kier alpha value is -0.500. The summed E-state index contributed by atoms with van der Waals surface area (Å²) >= 11 is 0. The molecule has 1 aliphatic heterocycles. The van der Waals surface area contributed by atoms with Crippen molar-refractivity contribution in [1.82, 2.24) is 4.90 Å². The number of rotatable bonds is 4. The quantitative estimate of drug-likeness (QED) is 0.643. The highest BCUT2D eigenvalue weighted by Gasteiger charge is 2.08. The van der Waals surface area contributed by atoms with Crippen LogP contribution in [-0.2, 0) is 4.74 Å². The molecular weight excluding hydrogens is 174 g/mol. The molecule has 0 aromatic rings. The second kappa shape index (κ2) is 6.07. The fourth-order valence-corrected chi connectivity index (χ4v) is 1.82. The normalized spacial score (nSPS) is 20.1. The molecule has 1 aliphatic rings. The van der Waals surface area contributed by atoms with Gasteiger partial charge in [0, 0.05) is 6.54 Å². The highest BCUT2D eigenvalue weighted by atomic mass is 16.5. The lowest BCUT2D eigenvalue weighted by Crippen LogP contribution is -2.29. The van der Waals surface area contributed by atoms with Gasteiger partial charge in [0.2, 0.25) is 0 Å². The molecule has 0 spiro atoms. The Labute approximate surface area is 87.9 Å². The van der Waals surface area contributed by atoms with Crippen molar-refractivity contribution in [2.45, 2.75) is 46.1 Å². The summed E-state index contributed by atoms with van der Waals surface area (Å²) in [5, 5.41) is 0. The van der Waals surface area contributed by atoms with E-state index in [-0.39, 0.29) is 0 Å². The molecule has 82 valence electrons. The lowest BCUT2D eigenvalue weighted by molar-refractivity contribution is 0.146. The Kier molecular flexibility index (Phi) is 5.02. The van der Waals surface area contributed by atoms with Crippen molar-refractivity contribution in [2.75, 3.05) is 19.6 Å². The Balaban J connectivity index is 2.22. The van der Waals surface area contributed by atoms with E-state index in [4.69, 9.17) is 4.74 Å². The lowest BCUT2D eigenvalue weighted by Gasteiger charge is -2.25. The number of piperidine rings is 1. The average molecular weight is 197 g/mol. The van der Waals surface area contributed by atoms with Gasteiger partial charge in [-0.1, -0.05) is 6.42 Å². The Morgan fingerprint density at radius 1 is 1.29 bits per heavy atom. The zero-order chi connectivity index (χ0) is 10.4. The molecule has 0 radical (unpaired) electrons. The van der Waals surface area contributed by atoms with Gasteiger partial charge in [0.05, 0.1) is 11.9 Å². The van der Waals surface area contributed by atoms with Crippen LogP contribution in [0.2, 0.25) is 0 Å². The van der Waals surface area contributed by atoms with Gasteiger partial charge in [0.1, 0.15) is 0 Å². The summed E-state index contributed by atoms with van der Waals surface area (Å²) in [6.07, 6.45) is 6.62. The number of ether oxygens (including phenoxy) is 1. The lowest BCUT2D eigenvalue weighted by atomic mass is 10.1. The fraction of sp³-hybridized carbons (Fsp3) is 0.833. The molecule has 0 aliphatic carbocycles. The molecule has 14 heavy (non-hydrogen) atoms. The number of nitrogens with zero attached hydrogens (tertiary/aromatic N) is 1. The Morgan fingerprint density at radius 2 is 1.93 bits per heavy atom. The number of allylic oxidation sites excluding steroid dienone is 1. The van der Waals surface area contributed by atoms with Gasteiger partial charge in [0.15, 0.2) is 0 Å².